The molecular formula is C32H28FN7O2. The summed E-state index contributed by atoms with van der Waals surface area (Å²) in [5.41, 5.74) is 4.41. The molecule has 2 atom stereocenters. The van der Waals surface area contributed by atoms with Crippen LogP contribution in [-0.4, -0.2) is 40.7 Å². The topological polar surface area (TPSA) is 106 Å². The molecule has 2 amide bonds. The molecule has 0 saturated carbocycles. The summed E-state index contributed by atoms with van der Waals surface area (Å²) in [6.07, 6.45) is 6.67. The molecule has 2 fully saturated rings. The number of halogens is 1. The number of nitrogens with one attached hydrogen (secondary N) is 2. The number of amides is 2. The summed E-state index contributed by atoms with van der Waals surface area (Å²) in [5, 5.41) is 21.7. The Morgan fingerprint density at radius 2 is 1.98 bits per heavy atom. The second-order valence-corrected chi connectivity index (χ2v) is 11.0. The second-order valence-electron chi connectivity index (χ2n) is 11.0. The van der Waals surface area contributed by atoms with Crippen molar-refractivity contribution in [2.45, 2.75) is 37.8 Å². The standard InChI is InChI=1S/C32H28FN7O2/c1-19-7-10-29(31(41)36-19)40-28-12-9-26(23-5-2-6-24(30(23)28)32(40)42)37-21-16-35-39(17-21)22-4-3-13-38(18-22)27-11-8-20(15-34)14-25(27)33/h2,5-6,8-9,11-12,14,16-17,22,29,37H,1,3-4,7,10,13,18H2,(H,36,41). The van der Waals surface area contributed by atoms with Crippen molar-refractivity contribution in [3.8, 4) is 6.07 Å². The highest BCUT2D eigenvalue weighted by atomic mass is 19.1. The molecule has 2 N–H and O–H groups in total. The number of benzene rings is 3. The van der Waals surface area contributed by atoms with Crippen molar-refractivity contribution in [1.29, 1.82) is 5.26 Å². The molecule has 1 aromatic heterocycles. The first kappa shape index (κ1) is 25.8. The molecule has 7 rings (SSSR count). The Morgan fingerprint density at radius 1 is 1.12 bits per heavy atom. The number of aromatic nitrogens is 2. The van der Waals surface area contributed by atoms with E-state index in [-0.39, 0.29) is 17.9 Å². The molecule has 2 unspecified atom stereocenters. The zero-order valence-electron chi connectivity index (χ0n) is 22.8. The average molecular weight is 562 g/mol. The third-order valence-electron chi connectivity index (χ3n) is 8.43. The van der Waals surface area contributed by atoms with E-state index in [1.807, 2.05) is 46.1 Å². The Hall–Kier alpha value is -5.17. The minimum atomic E-state index is -0.580. The number of allylic oxidation sites excluding steroid dienone is 1. The minimum Gasteiger partial charge on any atom is -0.367 e. The monoisotopic (exact) mass is 561 g/mol. The molecule has 210 valence electrons. The van der Waals surface area contributed by atoms with Gasteiger partial charge in [-0.05, 0) is 62.1 Å². The molecular weight excluding hydrogens is 533 g/mol. The maximum atomic E-state index is 14.7. The molecule has 4 heterocycles. The van der Waals surface area contributed by atoms with E-state index >= 15 is 0 Å². The zero-order chi connectivity index (χ0) is 29.0. The van der Waals surface area contributed by atoms with Crippen LogP contribution in [0.2, 0.25) is 0 Å². The van der Waals surface area contributed by atoms with Crippen molar-refractivity contribution in [3.63, 3.8) is 0 Å². The Labute approximate surface area is 241 Å². The number of nitrogens with zero attached hydrogens (tertiary/aromatic N) is 5. The lowest BCUT2D eigenvalue weighted by molar-refractivity contribution is -0.122. The van der Waals surface area contributed by atoms with E-state index in [9.17, 15) is 14.0 Å². The number of piperidine rings is 2. The van der Waals surface area contributed by atoms with Crippen LogP contribution in [0.3, 0.4) is 0 Å². The average Bonchev–Trinajstić information content (AvgIpc) is 3.58. The van der Waals surface area contributed by atoms with Crippen molar-refractivity contribution in [3.05, 3.63) is 90.1 Å². The Bertz CT molecular complexity index is 1820. The maximum Gasteiger partial charge on any atom is 0.259 e. The first-order valence-electron chi connectivity index (χ1n) is 14.0. The third kappa shape index (κ3) is 4.25. The largest absolute Gasteiger partial charge is 0.367 e. The SMILES string of the molecule is C=C1CCC(N2C(=O)c3cccc4c(Nc5cnn(C6CCCN(c7ccc(C#N)cc7F)C6)c5)ccc2c34)C(=O)N1. The lowest BCUT2D eigenvalue weighted by Crippen LogP contribution is -2.51. The Balaban J connectivity index is 1.13. The zero-order valence-corrected chi connectivity index (χ0v) is 22.8. The summed E-state index contributed by atoms with van der Waals surface area (Å²) in [4.78, 5) is 29.9. The predicted molar refractivity (Wildman–Crippen MR) is 158 cm³/mol. The number of rotatable bonds is 5. The number of nitriles is 1. The number of carbonyl (C=O) groups is 2. The second kappa shape index (κ2) is 10.0. The summed E-state index contributed by atoms with van der Waals surface area (Å²) >= 11 is 0. The van der Waals surface area contributed by atoms with Crippen LogP contribution in [-0.2, 0) is 4.79 Å². The normalized spacial score (nSPS) is 20.1. The van der Waals surface area contributed by atoms with E-state index in [1.165, 1.54) is 6.07 Å². The molecule has 3 aromatic carbocycles. The molecule has 0 radical (unpaired) electrons. The molecule has 0 spiro atoms. The highest BCUT2D eigenvalue weighted by molar-refractivity contribution is 6.28. The summed E-state index contributed by atoms with van der Waals surface area (Å²) in [6.45, 7) is 5.19. The molecule has 0 bridgehead atoms. The van der Waals surface area contributed by atoms with Gasteiger partial charge in [-0.15, -0.1) is 0 Å². The van der Waals surface area contributed by atoms with Crippen LogP contribution < -0.4 is 20.4 Å². The molecule has 10 heteroatoms. The maximum absolute atomic E-state index is 14.7. The van der Waals surface area contributed by atoms with Crippen molar-refractivity contribution in [2.24, 2.45) is 0 Å². The number of hydrogen-bond donors (Lipinski definition) is 2. The van der Waals surface area contributed by atoms with Crippen molar-refractivity contribution >= 4 is 45.3 Å². The molecule has 9 nitrogen and oxygen atoms in total. The molecule has 2 saturated heterocycles. The van der Waals surface area contributed by atoms with E-state index in [2.05, 4.69) is 22.3 Å². The summed E-state index contributed by atoms with van der Waals surface area (Å²) in [5.74, 6) is -0.775. The number of anilines is 4. The van der Waals surface area contributed by atoms with Gasteiger partial charge in [0.2, 0.25) is 5.91 Å². The van der Waals surface area contributed by atoms with Gasteiger partial charge in [-0.3, -0.25) is 19.2 Å². The van der Waals surface area contributed by atoms with Gasteiger partial charge in [0.1, 0.15) is 11.9 Å². The summed E-state index contributed by atoms with van der Waals surface area (Å²) in [6, 6.07) is 15.5. The number of carbonyl (C=O) groups excluding carboxylic acids is 2. The van der Waals surface area contributed by atoms with Crippen LogP contribution in [0.1, 0.15) is 47.6 Å². The fourth-order valence-corrected chi connectivity index (χ4v) is 6.41. The van der Waals surface area contributed by atoms with Gasteiger partial charge in [-0.1, -0.05) is 18.7 Å². The van der Waals surface area contributed by atoms with Crippen LogP contribution in [0.15, 0.2) is 73.2 Å². The molecule has 3 aliphatic rings. The van der Waals surface area contributed by atoms with E-state index in [1.54, 1.807) is 29.3 Å². The van der Waals surface area contributed by atoms with Gasteiger partial charge >= 0.3 is 0 Å². The summed E-state index contributed by atoms with van der Waals surface area (Å²) in [7, 11) is 0. The van der Waals surface area contributed by atoms with Gasteiger partial charge in [-0.2, -0.15) is 10.4 Å². The van der Waals surface area contributed by atoms with Gasteiger partial charge < -0.3 is 15.5 Å². The van der Waals surface area contributed by atoms with Crippen molar-refractivity contribution in [1.82, 2.24) is 15.1 Å². The van der Waals surface area contributed by atoms with Gasteiger partial charge in [0, 0.05) is 47.0 Å². The highest BCUT2D eigenvalue weighted by Crippen LogP contribution is 2.43. The fraction of sp³-hybridized carbons (Fsp3) is 0.250. The fourth-order valence-electron chi connectivity index (χ4n) is 6.41. The molecule has 0 aliphatic carbocycles. The van der Waals surface area contributed by atoms with Gasteiger partial charge in [-0.25, -0.2) is 4.39 Å². The third-order valence-corrected chi connectivity index (χ3v) is 8.43. The van der Waals surface area contributed by atoms with Crippen LogP contribution in [0, 0.1) is 17.1 Å². The van der Waals surface area contributed by atoms with Gasteiger partial charge in [0.25, 0.3) is 5.91 Å². The lowest BCUT2D eigenvalue weighted by atomic mass is 10.0. The van der Waals surface area contributed by atoms with Gasteiger partial charge in [0.15, 0.2) is 0 Å². The summed E-state index contributed by atoms with van der Waals surface area (Å²) < 4.78 is 16.6. The quantitative estimate of drug-likeness (QED) is 0.339. The van der Waals surface area contributed by atoms with E-state index in [4.69, 9.17) is 5.26 Å². The Kier molecular flexibility index (Phi) is 6.16. The number of hydrogen-bond acceptors (Lipinski definition) is 6. The molecule has 4 aromatic rings. The molecule has 3 aliphatic heterocycles. The van der Waals surface area contributed by atoms with Crippen LogP contribution in [0.4, 0.5) is 27.1 Å². The first-order chi connectivity index (χ1) is 20.4. The van der Waals surface area contributed by atoms with Crippen LogP contribution >= 0.6 is 0 Å². The van der Waals surface area contributed by atoms with Crippen LogP contribution in [0.5, 0.6) is 0 Å². The van der Waals surface area contributed by atoms with E-state index in [0.29, 0.717) is 41.9 Å². The highest BCUT2D eigenvalue weighted by Gasteiger charge is 2.40. The lowest BCUT2D eigenvalue weighted by Gasteiger charge is -2.34. The molecule has 42 heavy (non-hydrogen) atoms. The van der Waals surface area contributed by atoms with Crippen molar-refractivity contribution in [2.75, 3.05) is 28.2 Å². The Morgan fingerprint density at radius 3 is 2.79 bits per heavy atom. The van der Waals surface area contributed by atoms with Crippen molar-refractivity contribution < 1.29 is 14.0 Å². The minimum absolute atomic E-state index is 0.0565. The van der Waals surface area contributed by atoms with E-state index < -0.39 is 11.9 Å². The first-order valence-corrected chi connectivity index (χ1v) is 14.0. The van der Waals surface area contributed by atoms with Crippen LogP contribution in [0.25, 0.3) is 10.8 Å². The van der Waals surface area contributed by atoms with E-state index in [0.717, 1.165) is 47.2 Å². The smallest absolute Gasteiger partial charge is 0.259 e. The predicted octanol–water partition coefficient (Wildman–Crippen LogP) is 5.38. The van der Waals surface area contributed by atoms with Gasteiger partial charge in [0.05, 0.1) is 40.9 Å².